The van der Waals surface area contributed by atoms with Gasteiger partial charge >= 0.3 is 5.97 Å². The largest absolute Gasteiger partial charge is 0.466 e. The molecule has 1 amide bonds. The van der Waals surface area contributed by atoms with Crippen LogP contribution in [-0.2, 0) is 14.3 Å². The highest BCUT2D eigenvalue weighted by molar-refractivity contribution is 5.76. The summed E-state index contributed by atoms with van der Waals surface area (Å²) < 4.78 is 5.49. The van der Waals surface area contributed by atoms with Gasteiger partial charge in [0.2, 0.25) is 5.91 Å². The summed E-state index contributed by atoms with van der Waals surface area (Å²) >= 11 is 0. The van der Waals surface area contributed by atoms with Crippen molar-refractivity contribution in [1.29, 1.82) is 0 Å². The highest BCUT2D eigenvalue weighted by Gasteiger charge is 2.18. The molecule has 0 aromatic heterocycles. The van der Waals surface area contributed by atoms with Gasteiger partial charge in [-0.15, -0.1) is 0 Å². The molecule has 2 unspecified atom stereocenters. The van der Waals surface area contributed by atoms with Crippen molar-refractivity contribution in [2.24, 2.45) is 0 Å². The number of amides is 1. The van der Waals surface area contributed by atoms with Gasteiger partial charge in [0.1, 0.15) is 0 Å². The molecule has 0 aromatic rings. The van der Waals surface area contributed by atoms with Crippen molar-refractivity contribution in [1.82, 2.24) is 5.32 Å². The Morgan fingerprint density at radius 3 is 0.885 bits per heavy atom. The number of hydrogen-bond donors (Lipinski definition) is 3. The fourth-order valence-corrected chi connectivity index (χ4v) is 12.3. The van der Waals surface area contributed by atoms with E-state index >= 15 is 0 Å². The molecule has 87 heavy (non-hydrogen) atoms. The minimum absolute atomic E-state index is 0.0103. The van der Waals surface area contributed by atoms with E-state index in [4.69, 9.17) is 4.74 Å². The molecule has 0 aliphatic rings. The second kappa shape index (κ2) is 76.3. The number of ether oxygens (including phenoxy) is 1. The van der Waals surface area contributed by atoms with E-state index in [-0.39, 0.29) is 18.5 Å². The van der Waals surface area contributed by atoms with Gasteiger partial charge < -0.3 is 20.3 Å². The Kier molecular flexibility index (Phi) is 74.4. The molecule has 512 valence electrons. The summed E-state index contributed by atoms with van der Waals surface area (Å²) in [6.07, 6.45) is 101. The molecule has 0 saturated heterocycles. The Morgan fingerprint density at radius 1 is 0.322 bits per heavy atom. The molecule has 0 rings (SSSR count). The minimum atomic E-state index is -0.844. The van der Waals surface area contributed by atoms with Crippen molar-refractivity contribution in [2.45, 2.75) is 443 Å². The quantitative estimate of drug-likeness (QED) is 0.0320. The van der Waals surface area contributed by atoms with E-state index in [1.54, 1.807) is 6.08 Å². The van der Waals surface area contributed by atoms with Crippen LogP contribution in [-0.4, -0.2) is 47.4 Å². The average molecular weight is 1220 g/mol. The van der Waals surface area contributed by atoms with Crippen molar-refractivity contribution < 1.29 is 24.5 Å². The Balaban J connectivity index is 3.38. The molecule has 0 fully saturated rings. The summed E-state index contributed by atoms with van der Waals surface area (Å²) in [4.78, 5) is 24.6. The van der Waals surface area contributed by atoms with Crippen molar-refractivity contribution in [3.8, 4) is 0 Å². The van der Waals surface area contributed by atoms with Crippen LogP contribution >= 0.6 is 0 Å². The molecule has 3 N–H and O–H groups in total. The first-order valence-electron chi connectivity index (χ1n) is 39.4. The number of esters is 1. The lowest BCUT2D eigenvalue weighted by molar-refractivity contribution is -0.143. The van der Waals surface area contributed by atoms with E-state index < -0.39 is 12.1 Å². The van der Waals surface area contributed by atoms with Crippen LogP contribution in [0.4, 0.5) is 0 Å². The molecule has 0 heterocycles. The molecule has 0 spiro atoms. The zero-order valence-electron chi connectivity index (χ0n) is 58.8. The number of carbonyl (C=O) groups is 2. The van der Waals surface area contributed by atoms with Gasteiger partial charge in [-0.1, -0.05) is 377 Å². The first kappa shape index (κ1) is 84.8. The predicted octanol–water partition coefficient (Wildman–Crippen LogP) is 26.0. The third kappa shape index (κ3) is 72.8. The molecule has 6 nitrogen and oxygen atoms in total. The van der Waals surface area contributed by atoms with Crippen LogP contribution in [0.1, 0.15) is 431 Å². The molecular formula is C81H153NO5. The van der Waals surface area contributed by atoms with Crippen LogP contribution < -0.4 is 5.32 Å². The average Bonchev–Trinajstić information content (AvgIpc) is 3.54. The van der Waals surface area contributed by atoms with E-state index in [0.717, 1.165) is 51.4 Å². The van der Waals surface area contributed by atoms with Gasteiger partial charge in [0.25, 0.3) is 0 Å². The molecule has 0 aliphatic carbocycles. The van der Waals surface area contributed by atoms with Gasteiger partial charge in [0.05, 0.1) is 25.4 Å². The lowest BCUT2D eigenvalue weighted by Gasteiger charge is -2.20. The number of rotatable bonds is 74. The number of unbranched alkanes of at least 4 members (excludes halogenated alkanes) is 57. The lowest BCUT2D eigenvalue weighted by atomic mass is 10.0. The van der Waals surface area contributed by atoms with Crippen LogP contribution in [0.2, 0.25) is 0 Å². The van der Waals surface area contributed by atoms with Gasteiger partial charge in [-0.2, -0.15) is 0 Å². The third-order valence-corrected chi connectivity index (χ3v) is 18.3. The SMILES string of the molecule is CCCCCCC/C=C\CCCCCCCC(=O)OCCCCCCCCCCCCCCC/C=C\C/C=C\CCCCCCCCCCCCCCCCCCCC(=O)NC(CO)C(O)/C=C/CCCCCCCCCCCCCCCCCCC. The van der Waals surface area contributed by atoms with Crippen LogP contribution in [0, 0.1) is 0 Å². The summed E-state index contributed by atoms with van der Waals surface area (Å²) in [7, 11) is 0. The van der Waals surface area contributed by atoms with Gasteiger partial charge in [-0.05, 0) is 89.9 Å². The first-order chi connectivity index (χ1) is 43.0. The number of carbonyl (C=O) groups excluding carboxylic acids is 2. The summed E-state index contributed by atoms with van der Waals surface area (Å²) in [6.45, 7) is 4.93. The van der Waals surface area contributed by atoms with E-state index in [0.29, 0.717) is 19.4 Å². The molecule has 2 atom stereocenters. The molecular weight excluding hydrogens is 1070 g/mol. The highest BCUT2D eigenvalue weighted by atomic mass is 16.5. The fraction of sp³-hybridized carbons (Fsp3) is 0.877. The predicted molar refractivity (Wildman–Crippen MR) is 384 cm³/mol. The first-order valence-corrected chi connectivity index (χ1v) is 39.4. The van der Waals surface area contributed by atoms with Gasteiger partial charge in [-0.3, -0.25) is 9.59 Å². The van der Waals surface area contributed by atoms with Crippen molar-refractivity contribution >= 4 is 11.9 Å². The number of allylic oxidation sites excluding steroid dienone is 7. The maximum absolute atomic E-state index is 12.5. The Morgan fingerprint density at radius 2 is 0.575 bits per heavy atom. The van der Waals surface area contributed by atoms with Crippen LogP contribution in [0.15, 0.2) is 48.6 Å². The van der Waals surface area contributed by atoms with E-state index in [2.05, 4.69) is 55.6 Å². The summed E-state index contributed by atoms with van der Waals surface area (Å²) in [5, 5.41) is 23.3. The van der Waals surface area contributed by atoms with Crippen molar-refractivity contribution in [2.75, 3.05) is 13.2 Å². The van der Waals surface area contributed by atoms with Gasteiger partial charge in [0, 0.05) is 12.8 Å². The van der Waals surface area contributed by atoms with Crippen LogP contribution in [0.25, 0.3) is 0 Å². The third-order valence-electron chi connectivity index (χ3n) is 18.3. The Hall–Kier alpha value is -2.18. The fourth-order valence-electron chi connectivity index (χ4n) is 12.3. The van der Waals surface area contributed by atoms with Crippen LogP contribution in [0.3, 0.4) is 0 Å². The monoisotopic (exact) mass is 1220 g/mol. The maximum Gasteiger partial charge on any atom is 0.305 e. The van der Waals surface area contributed by atoms with Crippen molar-refractivity contribution in [3.63, 3.8) is 0 Å². The smallest absolute Gasteiger partial charge is 0.305 e. The zero-order valence-corrected chi connectivity index (χ0v) is 58.8. The molecule has 0 radical (unpaired) electrons. The molecule has 0 aliphatic heterocycles. The normalized spacial score (nSPS) is 12.7. The van der Waals surface area contributed by atoms with Gasteiger partial charge in [-0.25, -0.2) is 0 Å². The van der Waals surface area contributed by atoms with Gasteiger partial charge in [0.15, 0.2) is 0 Å². The van der Waals surface area contributed by atoms with E-state index in [9.17, 15) is 19.8 Å². The number of nitrogens with one attached hydrogen (secondary N) is 1. The van der Waals surface area contributed by atoms with E-state index in [1.165, 1.54) is 353 Å². The summed E-state index contributed by atoms with van der Waals surface area (Å²) in [5.41, 5.74) is 0. The molecule has 0 bridgehead atoms. The Labute approximate surface area is 544 Å². The molecule has 0 aromatic carbocycles. The second-order valence-corrected chi connectivity index (χ2v) is 27.0. The molecule has 0 saturated carbocycles. The number of aliphatic hydroxyl groups is 2. The van der Waals surface area contributed by atoms with Crippen LogP contribution in [0.5, 0.6) is 0 Å². The summed E-state index contributed by atoms with van der Waals surface area (Å²) in [5.74, 6) is -0.0513. The Bertz CT molecular complexity index is 1450. The second-order valence-electron chi connectivity index (χ2n) is 27.0. The maximum atomic E-state index is 12.5. The molecule has 6 heteroatoms. The summed E-state index contributed by atoms with van der Waals surface area (Å²) in [6, 6.07) is -0.627. The number of aliphatic hydroxyl groups excluding tert-OH is 2. The minimum Gasteiger partial charge on any atom is -0.466 e. The lowest BCUT2D eigenvalue weighted by Crippen LogP contribution is -2.45. The topological polar surface area (TPSA) is 95.9 Å². The zero-order chi connectivity index (χ0) is 62.8. The van der Waals surface area contributed by atoms with Crippen molar-refractivity contribution in [3.05, 3.63) is 48.6 Å². The van der Waals surface area contributed by atoms with E-state index in [1.807, 2.05) is 6.08 Å². The number of hydrogen-bond acceptors (Lipinski definition) is 5. The highest BCUT2D eigenvalue weighted by Crippen LogP contribution is 2.19. The standard InChI is InChI=1S/C81H153NO5/c1-3-5-7-9-11-13-15-17-19-20-40-43-46-49-53-57-61-65-69-73-79(84)78(77-83)82-80(85)74-70-66-62-58-54-50-47-44-41-38-36-34-32-30-28-26-24-22-21-23-25-27-29-31-33-35-37-39-42-45-48-52-56-60-64-68-72-76-87-81(86)75-71-67-63-59-55-51-18-16-14-12-10-8-6-4-2/h16,18,21,23,27,29,69,73,78-79,83-84H,3-15,17,19-20,22,24-26,28,30-68,70-72,74-77H2,1-2H3,(H,82,85)/b18-16-,23-21-,29-27-,73-69+.